The number of allylic oxidation sites excluding steroid dienone is 19. The number of hydrogen-bond acceptors (Lipinski definition) is 6. The number of likely N-dealkylation sites (N-methyl/N-ethyl adjacent to an activating group) is 1. The number of phosphoric acid groups is 1. The molecule has 0 saturated heterocycles. The molecule has 3 unspecified atom stereocenters. The van der Waals surface area contributed by atoms with E-state index in [-0.39, 0.29) is 37.9 Å². The van der Waals surface area contributed by atoms with Crippen LogP contribution in [-0.4, -0.2) is 74.3 Å². The van der Waals surface area contributed by atoms with Crippen molar-refractivity contribution >= 4 is 19.7 Å². The molecular formula is C64H110N2O7P+. The summed E-state index contributed by atoms with van der Waals surface area (Å²) in [6, 6.07) is -0.884. The van der Waals surface area contributed by atoms with Gasteiger partial charge in [-0.05, 0) is 102 Å². The number of esters is 1. The first kappa shape index (κ1) is 70.4. The Labute approximate surface area is 454 Å². The number of carbonyl (C=O) groups excluding carboxylic acids is 2. The summed E-state index contributed by atoms with van der Waals surface area (Å²) >= 11 is 0. The number of amides is 1. The zero-order valence-electron chi connectivity index (χ0n) is 48.0. The second-order valence-corrected chi connectivity index (χ2v) is 21.9. The van der Waals surface area contributed by atoms with Crippen LogP contribution < -0.4 is 5.32 Å². The van der Waals surface area contributed by atoms with Crippen LogP contribution in [0.1, 0.15) is 220 Å². The summed E-state index contributed by atoms with van der Waals surface area (Å²) in [6.45, 7) is 6.70. The molecule has 0 radical (unpaired) electrons. The fourth-order valence-electron chi connectivity index (χ4n) is 7.71. The Bertz CT molecular complexity index is 1680. The van der Waals surface area contributed by atoms with Crippen molar-refractivity contribution < 1.29 is 37.3 Å². The van der Waals surface area contributed by atoms with Gasteiger partial charge in [-0.25, -0.2) is 4.57 Å². The van der Waals surface area contributed by atoms with Crippen molar-refractivity contribution in [1.29, 1.82) is 0 Å². The maximum Gasteiger partial charge on any atom is 0.472 e. The van der Waals surface area contributed by atoms with Crippen LogP contribution >= 0.6 is 7.82 Å². The van der Waals surface area contributed by atoms with Gasteiger partial charge in [-0.1, -0.05) is 226 Å². The molecule has 9 nitrogen and oxygen atoms in total. The highest BCUT2D eigenvalue weighted by Crippen LogP contribution is 2.43. The second kappa shape index (κ2) is 52.8. The minimum absolute atomic E-state index is 0.0226. The fourth-order valence-corrected chi connectivity index (χ4v) is 8.44. The smallest absolute Gasteiger partial charge is 0.456 e. The van der Waals surface area contributed by atoms with E-state index >= 15 is 0 Å². The lowest BCUT2D eigenvalue weighted by Gasteiger charge is -2.27. The Morgan fingerprint density at radius 3 is 1.46 bits per heavy atom. The number of quaternary nitrogens is 1. The number of nitrogens with one attached hydrogen (secondary N) is 1. The van der Waals surface area contributed by atoms with Crippen molar-refractivity contribution in [2.24, 2.45) is 0 Å². The number of unbranched alkanes of at least 4 members (excludes halogenated alkanes) is 19. The molecule has 3 atom stereocenters. The van der Waals surface area contributed by atoms with Crippen molar-refractivity contribution in [2.75, 3.05) is 40.9 Å². The molecule has 0 bridgehead atoms. The highest BCUT2D eigenvalue weighted by molar-refractivity contribution is 7.47. The molecule has 0 aromatic rings. The van der Waals surface area contributed by atoms with Gasteiger partial charge in [-0.3, -0.25) is 18.6 Å². The van der Waals surface area contributed by atoms with Crippen molar-refractivity contribution in [3.63, 3.8) is 0 Å². The minimum Gasteiger partial charge on any atom is -0.456 e. The first-order valence-corrected chi connectivity index (χ1v) is 30.9. The maximum absolute atomic E-state index is 13.5. The van der Waals surface area contributed by atoms with E-state index in [1.54, 1.807) is 0 Å². The predicted octanol–water partition coefficient (Wildman–Crippen LogP) is 17.9. The average Bonchev–Trinajstić information content (AvgIpc) is 3.36. The quantitative estimate of drug-likeness (QED) is 0.0156. The van der Waals surface area contributed by atoms with E-state index in [4.69, 9.17) is 13.8 Å². The fraction of sp³-hybridized carbons (Fsp3) is 0.656. The number of hydrogen-bond donors (Lipinski definition) is 2. The molecule has 2 N–H and O–H groups in total. The van der Waals surface area contributed by atoms with E-state index in [9.17, 15) is 19.0 Å². The SMILES string of the molecule is CC/C=C\C/C=C\C/C=C\C/C=C\C/C=C\C/C=C\CCCCC(=O)NC(COP(=O)(O)OCC[N+](C)(C)C)C(/C=C\CCCCCCCCCCCC)OC(=O)CCCCCCCCC/C=C/C=C/C=C/CC. The van der Waals surface area contributed by atoms with E-state index in [0.717, 1.165) is 103 Å². The topological polar surface area (TPSA) is 111 Å². The molecule has 0 fully saturated rings. The summed E-state index contributed by atoms with van der Waals surface area (Å²) in [7, 11) is 1.44. The second-order valence-electron chi connectivity index (χ2n) is 20.5. The summed E-state index contributed by atoms with van der Waals surface area (Å²) in [5.41, 5.74) is 0. The molecule has 0 aromatic heterocycles. The lowest BCUT2D eigenvalue weighted by molar-refractivity contribution is -0.870. The monoisotopic (exact) mass is 1050 g/mol. The summed E-state index contributed by atoms with van der Waals surface area (Å²) in [4.78, 5) is 37.6. The molecule has 10 heteroatoms. The lowest BCUT2D eigenvalue weighted by Crippen LogP contribution is -2.47. The predicted molar refractivity (Wildman–Crippen MR) is 318 cm³/mol. The van der Waals surface area contributed by atoms with Crippen LogP contribution in [0.4, 0.5) is 0 Å². The number of ether oxygens (including phenoxy) is 1. The first-order chi connectivity index (χ1) is 35.9. The van der Waals surface area contributed by atoms with Crippen molar-refractivity contribution in [3.8, 4) is 0 Å². The highest BCUT2D eigenvalue weighted by Gasteiger charge is 2.30. The van der Waals surface area contributed by atoms with E-state index in [2.05, 4.69) is 135 Å². The molecule has 0 aromatic carbocycles. The molecule has 0 aliphatic carbocycles. The van der Waals surface area contributed by atoms with Crippen LogP contribution in [-0.2, 0) is 27.9 Å². The summed E-state index contributed by atoms with van der Waals surface area (Å²) < 4.78 is 30.6. The maximum atomic E-state index is 13.5. The van der Waals surface area contributed by atoms with Crippen LogP contribution in [0.15, 0.2) is 122 Å². The molecule has 1 amide bonds. The van der Waals surface area contributed by atoms with Gasteiger partial charge in [0.2, 0.25) is 5.91 Å². The standard InChI is InChI=1S/C64H109N2O7P/c1-7-10-13-16-19-22-25-28-30-31-32-33-34-35-37-38-41-44-47-50-53-56-63(67)65-61(60-72-74(69,70)71-59-58-66(4,5)6)62(55-52-49-46-43-40-27-24-21-18-15-12-9-3)73-64(68)57-54-51-48-45-42-39-36-29-26-23-20-17-14-11-8-2/h10-11,13-14,17,19-20,22-23,26,28,30,32-33,35,37,41,44,52,55,61-62H,7-9,12,15-16,18,21,24-25,27,29,31,34,36,38-40,42-43,45-51,53-54,56-60H2,1-6H3,(H-,65,67,69,70)/p+1/b13-10-,14-11+,20-17+,22-19-,26-23+,30-28-,33-32-,37-35-,44-41-,55-52-. The molecule has 422 valence electrons. The molecular weight excluding hydrogens is 940 g/mol. The minimum atomic E-state index is -4.47. The lowest BCUT2D eigenvalue weighted by atomic mass is 10.0. The molecule has 0 rings (SSSR count). The van der Waals surface area contributed by atoms with Gasteiger partial charge in [0, 0.05) is 12.8 Å². The third-order valence-electron chi connectivity index (χ3n) is 12.2. The zero-order chi connectivity index (χ0) is 54.3. The first-order valence-electron chi connectivity index (χ1n) is 29.4. The third kappa shape index (κ3) is 53.2. The average molecular weight is 1050 g/mol. The third-order valence-corrected chi connectivity index (χ3v) is 13.2. The number of carbonyl (C=O) groups is 2. The van der Waals surface area contributed by atoms with Gasteiger partial charge in [-0.15, -0.1) is 0 Å². The van der Waals surface area contributed by atoms with Crippen LogP contribution in [0.3, 0.4) is 0 Å². The van der Waals surface area contributed by atoms with Gasteiger partial charge in [0.05, 0.1) is 33.8 Å². The Morgan fingerprint density at radius 1 is 0.500 bits per heavy atom. The summed E-state index contributed by atoms with van der Waals surface area (Å²) in [5, 5.41) is 3.02. The zero-order valence-corrected chi connectivity index (χ0v) is 48.9. The van der Waals surface area contributed by atoms with Crippen LogP contribution in [0.5, 0.6) is 0 Å². The summed E-state index contributed by atoms with van der Waals surface area (Å²) in [6.07, 6.45) is 73.4. The molecule has 0 heterocycles. The normalized spacial score (nSPS) is 14.6. The van der Waals surface area contributed by atoms with E-state index in [1.807, 2.05) is 33.3 Å². The van der Waals surface area contributed by atoms with E-state index in [1.165, 1.54) is 70.6 Å². The van der Waals surface area contributed by atoms with Crippen LogP contribution in [0.25, 0.3) is 0 Å². The van der Waals surface area contributed by atoms with Gasteiger partial charge in [-0.2, -0.15) is 0 Å². The summed E-state index contributed by atoms with van der Waals surface area (Å²) in [5.74, 6) is -0.580. The van der Waals surface area contributed by atoms with Crippen LogP contribution in [0.2, 0.25) is 0 Å². The largest absolute Gasteiger partial charge is 0.472 e. The van der Waals surface area contributed by atoms with Gasteiger partial charge in [0.15, 0.2) is 0 Å². The van der Waals surface area contributed by atoms with Gasteiger partial charge in [0.1, 0.15) is 19.3 Å². The highest BCUT2D eigenvalue weighted by atomic mass is 31.2. The molecule has 0 aliphatic rings. The number of rotatable bonds is 51. The van der Waals surface area contributed by atoms with Gasteiger partial charge < -0.3 is 19.4 Å². The van der Waals surface area contributed by atoms with Crippen molar-refractivity contribution in [3.05, 3.63) is 122 Å². The Kier molecular flexibility index (Phi) is 50.3. The van der Waals surface area contributed by atoms with Crippen molar-refractivity contribution in [2.45, 2.75) is 232 Å². The molecule has 0 spiro atoms. The van der Waals surface area contributed by atoms with Crippen molar-refractivity contribution in [1.82, 2.24) is 5.32 Å². The molecule has 0 aliphatic heterocycles. The number of phosphoric ester groups is 1. The Morgan fingerprint density at radius 2 is 0.932 bits per heavy atom. The Balaban J connectivity index is 5.41. The van der Waals surface area contributed by atoms with E-state index < -0.39 is 20.0 Å². The van der Waals surface area contributed by atoms with E-state index in [0.29, 0.717) is 23.9 Å². The van der Waals surface area contributed by atoms with Gasteiger partial charge in [0.25, 0.3) is 0 Å². The molecule has 74 heavy (non-hydrogen) atoms. The molecule has 0 saturated carbocycles. The number of nitrogens with zero attached hydrogens (tertiary/aromatic N) is 1. The Hall–Kier alpha value is -3.59. The van der Waals surface area contributed by atoms with Crippen LogP contribution in [0, 0.1) is 0 Å². The van der Waals surface area contributed by atoms with Gasteiger partial charge >= 0.3 is 13.8 Å².